The second-order valence-corrected chi connectivity index (χ2v) is 4.55. The molecule has 1 amide bonds. The van der Waals surface area contributed by atoms with Crippen LogP contribution in [0.3, 0.4) is 0 Å². The highest BCUT2D eigenvalue weighted by atomic mass is 16.5. The van der Waals surface area contributed by atoms with Crippen LogP contribution in [0.15, 0.2) is 24.3 Å². The monoisotopic (exact) mass is 265 g/mol. The highest BCUT2D eigenvalue weighted by Gasteiger charge is 2.07. The Morgan fingerprint density at radius 3 is 2.68 bits per heavy atom. The molecule has 1 rings (SSSR count). The number of methoxy groups -OCH3 is 1. The Morgan fingerprint density at radius 1 is 1.32 bits per heavy atom. The first-order valence-corrected chi connectivity index (χ1v) is 6.97. The van der Waals surface area contributed by atoms with Gasteiger partial charge in [0.15, 0.2) is 0 Å². The number of nitrogens with one attached hydrogen (secondary N) is 2. The number of ether oxygens (including phenoxy) is 1. The summed E-state index contributed by atoms with van der Waals surface area (Å²) in [5, 5.41) is 2.95. The number of hydrogen-bond donors (Lipinski definition) is 2. The van der Waals surface area contributed by atoms with E-state index < -0.39 is 0 Å². The van der Waals surface area contributed by atoms with Crippen molar-refractivity contribution in [2.24, 2.45) is 0 Å². The minimum absolute atomic E-state index is 0.0338. The molecule has 4 heteroatoms. The van der Waals surface area contributed by atoms with Gasteiger partial charge in [-0.25, -0.2) is 0 Å². The molecule has 0 radical (unpaired) electrons. The van der Waals surface area contributed by atoms with Crippen LogP contribution in [0.4, 0.5) is 0 Å². The fourth-order valence-electron chi connectivity index (χ4n) is 2.01. The Hall–Kier alpha value is -1.55. The van der Waals surface area contributed by atoms with E-state index >= 15 is 0 Å². The van der Waals surface area contributed by atoms with E-state index in [4.69, 9.17) is 4.74 Å². The predicted molar refractivity (Wildman–Crippen MR) is 76.9 cm³/mol. The first-order chi connectivity index (χ1) is 9.21. The van der Waals surface area contributed by atoms with E-state index in [1.807, 2.05) is 12.1 Å². The summed E-state index contributed by atoms with van der Waals surface area (Å²) in [7, 11) is 1.60. The summed E-state index contributed by atoms with van der Waals surface area (Å²) in [5.41, 5.74) is 0.648. The lowest BCUT2D eigenvalue weighted by molar-refractivity contribution is -0.896. The molecule has 0 aliphatic heterocycles. The van der Waals surface area contributed by atoms with Crippen molar-refractivity contribution in [1.82, 2.24) is 5.32 Å². The molecular weight excluding hydrogens is 240 g/mol. The van der Waals surface area contributed by atoms with Crippen LogP contribution in [0.25, 0.3) is 0 Å². The zero-order valence-corrected chi connectivity index (χ0v) is 12.2. The molecule has 4 nitrogen and oxygen atoms in total. The summed E-state index contributed by atoms with van der Waals surface area (Å²) >= 11 is 0. The van der Waals surface area contributed by atoms with E-state index in [2.05, 4.69) is 19.2 Å². The highest BCUT2D eigenvalue weighted by molar-refractivity contribution is 5.94. The van der Waals surface area contributed by atoms with Crippen LogP contribution in [0, 0.1) is 0 Å². The molecule has 1 aromatic carbocycles. The smallest absolute Gasteiger partial charge is 0.251 e. The standard InChI is InChI=1S/C15H24N2O2/c1-4-17(5-2)11-7-10-16-15(18)13-8-6-9-14(12-13)19-3/h6,8-9,12H,4-5,7,10-11H2,1-3H3,(H,16,18)/p+1. The maximum atomic E-state index is 11.9. The van der Waals surface area contributed by atoms with E-state index in [0.29, 0.717) is 11.3 Å². The second-order valence-electron chi connectivity index (χ2n) is 4.55. The highest BCUT2D eigenvalue weighted by Crippen LogP contribution is 2.12. The molecule has 19 heavy (non-hydrogen) atoms. The first-order valence-electron chi connectivity index (χ1n) is 6.97. The largest absolute Gasteiger partial charge is 0.497 e. The Bertz CT molecular complexity index is 389. The van der Waals surface area contributed by atoms with E-state index in [0.717, 1.165) is 32.6 Å². The molecule has 0 bridgehead atoms. The summed E-state index contributed by atoms with van der Waals surface area (Å²) in [4.78, 5) is 13.5. The third-order valence-electron chi connectivity index (χ3n) is 3.32. The van der Waals surface area contributed by atoms with Crippen molar-refractivity contribution in [3.8, 4) is 5.75 Å². The third kappa shape index (κ3) is 5.30. The Labute approximate surface area is 115 Å². The van der Waals surface area contributed by atoms with Gasteiger partial charge in [0.1, 0.15) is 5.75 Å². The first kappa shape index (κ1) is 15.5. The lowest BCUT2D eigenvalue weighted by Gasteiger charge is -2.15. The SMILES string of the molecule is CC[NH+](CC)CCCNC(=O)c1cccc(OC)c1. The van der Waals surface area contributed by atoms with Crippen molar-refractivity contribution >= 4 is 5.91 Å². The predicted octanol–water partition coefficient (Wildman–Crippen LogP) is 0.740. The lowest BCUT2D eigenvalue weighted by Crippen LogP contribution is -3.11. The zero-order valence-electron chi connectivity index (χ0n) is 12.2. The van der Waals surface area contributed by atoms with Gasteiger partial charge in [0.25, 0.3) is 5.91 Å². The van der Waals surface area contributed by atoms with Crippen molar-refractivity contribution in [2.45, 2.75) is 20.3 Å². The number of carbonyl (C=O) groups is 1. The van der Waals surface area contributed by atoms with Gasteiger partial charge >= 0.3 is 0 Å². The van der Waals surface area contributed by atoms with Gasteiger partial charge in [0, 0.05) is 18.5 Å². The Morgan fingerprint density at radius 2 is 2.05 bits per heavy atom. The molecule has 0 spiro atoms. The number of hydrogen-bond acceptors (Lipinski definition) is 2. The van der Waals surface area contributed by atoms with E-state index in [1.165, 1.54) is 0 Å². The van der Waals surface area contributed by atoms with Crippen LogP contribution in [0.1, 0.15) is 30.6 Å². The van der Waals surface area contributed by atoms with Crippen LogP contribution in [-0.2, 0) is 0 Å². The summed E-state index contributed by atoms with van der Waals surface area (Å²) in [6, 6.07) is 7.22. The average molecular weight is 265 g/mol. The quantitative estimate of drug-likeness (QED) is 0.681. The summed E-state index contributed by atoms with van der Waals surface area (Å²) in [5.74, 6) is 0.675. The molecule has 0 fully saturated rings. The van der Waals surface area contributed by atoms with Gasteiger partial charge in [-0.1, -0.05) is 6.07 Å². The Kier molecular flexibility index (Phi) is 6.97. The fraction of sp³-hybridized carbons (Fsp3) is 0.533. The van der Waals surface area contributed by atoms with E-state index in [-0.39, 0.29) is 5.91 Å². The van der Waals surface area contributed by atoms with Crippen LogP contribution in [-0.4, -0.2) is 39.2 Å². The van der Waals surface area contributed by atoms with E-state index in [9.17, 15) is 4.79 Å². The van der Waals surface area contributed by atoms with Crippen LogP contribution >= 0.6 is 0 Å². The number of amides is 1. The third-order valence-corrected chi connectivity index (χ3v) is 3.32. The molecule has 0 atom stereocenters. The number of quaternary nitrogens is 1. The number of carbonyl (C=O) groups excluding carboxylic acids is 1. The topological polar surface area (TPSA) is 42.8 Å². The molecule has 0 saturated carbocycles. The Balaban J connectivity index is 2.34. The van der Waals surface area contributed by atoms with Crippen LogP contribution in [0.5, 0.6) is 5.75 Å². The molecule has 0 unspecified atom stereocenters. The van der Waals surface area contributed by atoms with Gasteiger partial charge in [-0.3, -0.25) is 4.79 Å². The van der Waals surface area contributed by atoms with Crippen molar-refractivity contribution in [1.29, 1.82) is 0 Å². The lowest BCUT2D eigenvalue weighted by atomic mass is 10.2. The molecule has 0 aliphatic carbocycles. The van der Waals surface area contributed by atoms with Crippen molar-refractivity contribution in [3.05, 3.63) is 29.8 Å². The molecule has 2 N–H and O–H groups in total. The number of rotatable bonds is 8. The van der Waals surface area contributed by atoms with Crippen LogP contribution < -0.4 is 15.0 Å². The van der Waals surface area contributed by atoms with E-state index in [1.54, 1.807) is 24.1 Å². The summed E-state index contributed by atoms with van der Waals surface area (Å²) in [6.07, 6.45) is 1.01. The van der Waals surface area contributed by atoms with Crippen molar-refractivity contribution < 1.29 is 14.4 Å². The molecule has 0 saturated heterocycles. The molecular formula is C15H25N2O2+. The maximum absolute atomic E-state index is 11.9. The minimum atomic E-state index is -0.0338. The summed E-state index contributed by atoms with van der Waals surface area (Å²) < 4.78 is 5.11. The second kappa shape index (κ2) is 8.53. The molecule has 0 aliphatic rings. The number of benzene rings is 1. The molecule has 0 heterocycles. The fourth-order valence-corrected chi connectivity index (χ4v) is 2.01. The maximum Gasteiger partial charge on any atom is 0.251 e. The molecule has 0 aromatic heterocycles. The van der Waals surface area contributed by atoms with Crippen molar-refractivity contribution in [2.75, 3.05) is 33.3 Å². The van der Waals surface area contributed by atoms with Gasteiger partial charge in [0.05, 0.1) is 26.7 Å². The van der Waals surface area contributed by atoms with Gasteiger partial charge in [-0.2, -0.15) is 0 Å². The van der Waals surface area contributed by atoms with Gasteiger partial charge in [-0.05, 0) is 32.0 Å². The van der Waals surface area contributed by atoms with Gasteiger partial charge in [-0.15, -0.1) is 0 Å². The van der Waals surface area contributed by atoms with Gasteiger partial charge < -0.3 is 15.0 Å². The van der Waals surface area contributed by atoms with Crippen molar-refractivity contribution in [3.63, 3.8) is 0 Å². The minimum Gasteiger partial charge on any atom is -0.497 e. The normalized spacial score (nSPS) is 10.5. The zero-order chi connectivity index (χ0) is 14.1. The molecule has 106 valence electrons. The average Bonchev–Trinajstić information content (AvgIpc) is 2.47. The van der Waals surface area contributed by atoms with Crippen LogP contribution in [0.2, 0.25) is 0 Å². The summed E-state index contributed by atoms with van der Waals surface area (Å²) in [6.45, 7) is 8.48. The van der Waals surface area contributed by atoms with Gasteiger partial charge in [0.2, 0.25) is 0 Å². The molecule has 1 aromatic rings.